The molecule has 5 nitrogen and oxygen atoms in total. The minimum atomic E-state index is -0.351. The van der Waals surface area contributed by atoms with Gasteiger partial charge in [-0.2, -0.15) is 0 Å². The number of carbonyl (C=O) groups excluding carboxylic acids is 2. The Balaban J connectivity index is 1.69. The first-order valence-corrected chi connectivity index (χ1v) is 7.22. The largest absolute Gasteiger partial charge is 0.312 e. The Hall–Kier alpha value is -2.69. The zero-order valence-corrected chi connectivity index (χ0v) is 12.3. The lowest BCUT2D eigenvalue weighted by atomic mass is 10.1. The minimum absolute atomic E-state index is 0.0231. The fourth-order valence-corrected chi connectivity index (χ4v) is 2.52. The molecule has 1 aromatic heterocycles. The van der Waals surface area contributed by atoms with Gasteiger partial charge in [0, 0.05) is 24.8 Å². The summed E-state index contributed by atoms with van der Waals surface area (Å²) >= 11 is 0. The highest BCUT2D eigenvalue weighted by Gasteiger charge is 2.35. The zero-order chi connectivity index (χ0) is 15.5. The number of aromatic nitrogens is 1. The molecule has 0 aliphatic carbocycles. The van der Waals surface area contributed by atoms with Crippen LogP contribution in [0.15, 0.2) is 48.7 Å². The summed E-state index contributed by atoms with van der Waals surface area (Å²) in [6.45, 7) is 2.40. The van der Waals surface area contributed by atoms with Gasteiger partial charge in [-0.15, -0.1) is 0 Å². The number of rotatable bonds is 3. The Morgan fingerprint density at radius 3 is 2.68 bits per heavy atom. The minimum Gasteiger partial charge on any atom is -0.312 e. The van der Waals surface area contributed by atoms with Crippen LogP contribution in [-0.2, 0) is 9.59 Å². The second kappa shape index (κ2) is 5.97. The van der Waals surface area contributed by atoms with Crippen LogP contribution in [0.2, 0.25) is 0 Å². The number of amides is 2. The monoisotopic (exact) mass is 295 g/mol. The SMILES string of the molecule is Cc1ccc(N2C[C@H](C(=O)Nc3ccccn3)CC2=O)cc1. The molecule has 0 saturated carbocycles. The van der Waals surface area contributed by atoms with Crippen molar-refractivity contribution in [2.75, 3.05) is 16.8 Å². The summed E-state index contributed by atoms with van der Waals surface area (Å²) in [5.41, 5.74) is 1.98. The Kier molecular flexibility index (Phi) is 3.87. The van der Waals surface area contributed by atoms with Gasteiger partial charge in [0.25, 0.3) is 0 Å². The topological polar surface area (TPSA) is 62.3 Å². The van der Waals surface area contributed by atoms with Crippen molar-refractivity contribution >= 4 is 23.3 Å². The van der Waals surface area contributed by atoms with E-state index in [1.165, 1.54) is 0 Å². The van der Waals surface area contributed by atoms with Crippen molar-refractivity contribution in [1.82, 2.24) is 4.98 Å². The van der Waals surface area contributed by atoms with E-state index in [2.05, 4.69) is 10.3 Å². The molecule has 1 saturated heterocycles. The van der Waals surface area contributed by atoms with E-state index < -0.39 is 0 Å². The van der Waals surface area contributed by atoms with Gasteiger partial charge in [-0.3, -0.25) is 9.59 Å². The fraction of sp³-hybridized carbons (Fsp3) is 0.235. The predicted molar refractivity (Wildman–Crippen MR) is 84.5 cm³/mol. The number of hydrogen-bond donors (Lipinski definition) is 1. The summed E-state index contributed by atoms with van der Waals surface area (Å²) in [6, 6.07) is 13.1. The quantitative estimate of drug-likeness (QED) is 0.945. The molecule has 112 valence electrons. The maximum Gasteiger partial charge on any atom is 0.230 e. The first-order chi connectivity index (χ1) is 10.6. The average Bonchev–Trinajstić information content (AvgIpc) is 2.91. The number of pyridine rings is 1. The van der Waals surface area contributed by atoms with Crippen molar-refractivity contribution in [3.05, 3.63) is 54.2 Å². The maximum absolute atomic E-state index is 12.3. The Bertz CT molecular complexity index is 683. The molecule has 0 unspecified atom stereocenters. The second-order valence-electron chi connectivity index (χ2n) is 5.45. The first kappa shape index (κ1) is 14.3. The zero-order valence-electron chi connectivity index (χ0n) is 12.3. The van der Waals surface area contributed by atoms with E-state index >= 15 is 0 Å². The number of hydrogen-bond acceptors (Lipinski definition) is 3. The molecule has 0 spiro atoms. The van der Waals surface area contributed by atoms with Crippen LogP contribution in [0.4, 0.5) is 11.5 Å². The molecule has 1 atom stereocenters. The van der Waals surface area contributed by atoms with Gasteiger partial charge in [0.05, 0.1) is 5.92 Å². The van der Waals surface area contributed by atoms with E-state index in [0.717, 1.165) is 11.3 Å². The van der Waals surface area contributed by atoms with Gasteiger partial charge in [0.2, 0.25) is 11.8 Å². The summed E-state index contributed by atoms with van der Waals surface area (Å²) < 4.78 is 0. The molecule has 1 fully saturated rings. The molecule has 0 bridgehead atoms. The van der Waals surface area contributed by atoms with Crippen LogP contribution in [0.25, 0.3) is 0 Å². The standard InChI is InChI=1S/C17H17N3O2/c1-12-5-7-14(8-6-12)20-11-13(10-16(20)21)17(22)19-15-4-2-3-9-18-15/h2-9,13H,10-11H2,1H3,(H,18,19,22)/t13-/m1/s1. The third-order valence-corrected chi connectivity index (χ3v) is 3.76. The van der Waals surface area contributed by atoms with Crippen molar-refractivity contribution in [2.24, 2.45) is 5.92 Å². The summed E-state index contributed by atoms with van der Waals surface area (Å²) in [5, 5.41) is 2.76. The molecule has 2 aromatic rings. The number of nitrogens with one attached hydrogen (secondary N) is 1. The maximum atomic E-state index is 12.3. The van der Waals surface area contributed by atoms with Gasteiger partial charge >= 0.3 is 0 Å². The molecular formula is C17H17N3O2. The Morgan fingerprint density at radius 1 is 1.23 bits per heavy atom. The van der Waals surface area contributed by atoms with Crippen LogP contribution in [0.3, 0.4) is 0 Å². The van der Waals surface area contributed by atoms with Gasteiger partial charge in [0.15, 0.2) is 0 Å². The number of benzene rings is 1. The van der Waals surface area contributed by atoms with Gasteiger partial charge in [-0.1, -0.05) is 23.8 Å². The number of anilines is 2. The molecule has 2 amide bonds. The highest BCUT2D eigenvalue weighted by molar-refractivity contribution is 6.03. The second-order valence-corrected chi connectivity index (χ2v) is 5.45. The number of aryl methyl sites for hydroxylation is 1. The average molecular weight is 295 g/mol. The van der Waals surface area contributed by atoms with Crippen molar-refractivity contribution < 1.29 is 9.59 Å². The van der Waals surface area contributed by atoms with Gasteiger partial charge < -0.3 is 10.2 Å². The highest BCUT2D eigenvalue weighted by Crippen LogP contribution is 2.26. The summed E-state index contributed by atoms with van der Waals surface area (Å²) in [7, 11) is 0. The van der Waals surface area contributed by atoms with Crippen molar-refractivity contribution in [3.8, 4) is 0 Å². The van der Waals surface area contributed by atoms with Crippen LogP contribution < -0.4 is 10.2 Å². The van der Waals surface area contributed by atoms with Crippen LogP contribution in [0, 0.1) is 12.8 Å². The van der Waals surface area contributed by atoms with Crippen LogP contribution >= 0.6 is 0 Å². The predicted octanol–water partition coefficient (Wildman–Crippen LogP) is 2.38. The normalized spacial score (nSPS) is 17.6. The summed E-state index contributed by atoms with van der Waals surface area (Å²) in [5.74, 6) is -0.0313. The van der Waals surface area contributed by atoms with Crippen molar-refractivity contribution in [1.29, 1.82) is 0 Å². The van der Waals surface area contributed by atoms with E-state index in [9.17, 15) is 9.59 Å². The first-order valence-electron chi connectivity index (χ1n) is 7.22. The lowest BCUT2D eigenvalue weighted by molar-refractivity contribution is -0.122. The fourth-order valence-electron chi connectivity index (χ4n) is 2.52. The molecule has 1 aliphatic rings. The smallest absolute Gasteiger partial charge is 0.230 e. The third kappa shape index (κ3) is 2.98. The van der Waals surface area contributed by atoms with Crippen molar-refractivity contribution in [3.63, 3.8) is 0 Å². The van der Waals surface area contributed by atoms with E-state index in [1.807, 2.05) is 31.2 Å². The number of nitrogens with zero attached hydrogens (tertiary/aromatic N) is 2. The Morgan fingerprint density at radius 2 is 2.00 bits per heavy atom. The van der Waals surface area contributed by atoms with Crippen molar-refractivity contribution in [2.45, 2.75) is 13.3 Å². The molecule has 22 heavy (non-hydrogen) atoms. The summed E-state index contributed by atoms with van der Waals surface area (Å²) in [4.78, 5) is 30.2. The van der Waals surface area contributed by atoms with Crippen LogP contribution in [0.1, 0.15) is 12.0 Å². The van der Waals surface area contributed by atoms with E-state index in [0.29, 0.717) is 12.4 Å². The lowest BCUT2D eigenvalue weighted by Crippen LogP contribution is -2.28. The molecular weight excluding hydrogens is 278 g/mol. The molecule has 5 heteroatoms. The van der Waals surface area contributed by atoms with E-state index in [-0.39, 0.29) is 24.2 Å². The van der Waals surface area contributed by atoms with Gasteiger partial charge in [-0.25, -0.2) is 4.98 Å². The van der Waals surface area contributed by atoms with Crippen LogP contribution in [-0.4, -0.2) is 23.3 Å². The molecule has 2 heterocycles. The third-order valence-electron chi connectivity index (χ3n) is 3.76. The molecule has 0 radical (unpaired) electrons. The molecule has 1 aliphatic heterocycles. The van der Waals surface area contributed by atoms with Gasteiger partial charge in [-0.05, 0) is 31.2 Å². The molecule has 1 aromatic carbocycles. The Labute approximate surface area is 129 Å². The number of carbonyl (C=O) groups is 2. The van der Waals surface area contributed by atoms with Crippen LogP contribution in [0.5, 0.6) is 0 Å². The molecule has 3 rings (SSSR count). The van der Waals surface area contributed by atoms with E-state index in [1.54, 1.807) is 29.3 Å². The molecule has 1 N–H and O–H groups in total. The highest BCUT2D eigenvalue weighted by atomic mass is 16.2. The summed E-state index contributed by atoms with van der Waals surface area (Å²) in [6.07, 6.45) is 1.85. The van der Waals surface area contributed by atoms with Gasteiger partial charge in [0.1, 0.15) is 5.82 Å². The lowest BCUT2D eigenvalue weighted by Gasteiger charge is -2.16. The van der Waals surface area contributed by atoms with E-state index in [4.69, 9.17) is 0 Å².